The number of carbonyl (C=O) groups is 9. The first kappa shape index (κ1) is 49.0. The van der Waals surface area contributed by atoms with Gasteiger partial charge in [-0.15, -0.1) is 0 Å². The summed E-state index contributed by atoms with van der Waals surface area (Å²) in [6.45, 7) is 7.32. The molecule has 4 aliphatic rings. The fraction of sp³-hybridized carbons (Fsp3) is 0.556. The SMILES string of the molecule is CC(=O)OC[C@]12C(OC(C)=O)C(OC(C)=O)[C@H]3C(OC(C)=O)[C@@]14O[C@@]3(C)COC(=O)c1cccnc1CC[C@@](C)(OC(=O)c1ccccc1)C(=O)O[C@@H](C(OC(C)=O)C2OC(C)=O)[C@]4(C)O. The van der Waals surface area contributed by atoms with Gasteiger partial charge in [-0.05, 0) is 51.5 Å². The highest BCUT2D eigenvalue weighted by molar-refractivity contribution is 5.93. The minimum Gasteiger partial charge on any atom is -0.465 e. The molecule has 3 heterocycles. The summed E-state index contributed by atoms with van der Waals surface area (Å²) in [5, 5.41) is 13.7. The molecule has 21 nitrogen and oxygen atoms in total. The van der Waals surface area contributed by atoms with Crippen LogP contribution < -0.4 is 0 Å². The zero-order chi connectivity index (χ0) is 48.7. The number of hydrogen-bond donors (Lipinski definition) is 1. The van der Waals surface area contributed by atoms with Crippen molar-refractivity contribution in [2.45, 2.75) is 134 Å². The molecule has 1 saturated heterocycles. The molecule has 66 heavy (non-hydrogen) atoms. The maximum absolute atomic E-state index is 15.1. The molecule has 1 spiro atoms. The minimum atomic E-state index is -3.01. The Kier molecular flexibility index (Phi) is 13.4. The Morgan fingerprint density at radius 1 is 0.727 bits per heavy atom. The topological polar surface area (TPSA) is 279 Å². The number of benzene rings is 1. The van der Waals surface area contributed by atoms with Crippen LogP contribution in [-0.4, -0.2) is 136 Å². The number of rotatable bonds is 9. The smallest absolute Gasteiger partial charge is 0.350 e. The van der Waals surface area contributed by atoms with Crippen LogP contribution >= 0.6 is 0 Å². The number of aryl methyl sites for hydroxylation is 1. The van der Waals surface area contributed by atoms with Gasteiger partial charge in [-0.3, -0.25) is 33.8 Å². The van der Waals surface area contributed by atoms with E-state index in [0.29, 0.717) is 0 Å². The summed E-state index contributed by atoms with van der Waals surface area (Å²) < 4.78 is 60.7. The maximum atomic E-state index is 15.1. The third kappa shape index (κ3) is 8.44. The summed E-state index contributed by atoms with van der Waals surface area (Å²) in [5.41, 5.74) is -13.2. The van der Waals surface area contributed by atoms with Gasteiger partial charge in [0.1, 0.15) is 42.0 Å². The van der Waals surface area contributed by atoms with Gasteiger partial charge < -0.3 is 52.5 Å². The van der Waals surface area contributed by atoms with Crippen molar-refractivity contribution in [2.75, 3.05) is 13.2 Å². The van der Waals surface area contributed by atoms with Crippen LogP contribution in [0.1, 0.15) is 95.1 Å². The number of nitrogens with zero attached hydrogens (tertiary/aromatic N) is 1. The van der Waals surface area contributed by atoms with Crippen molar-refractivity contribution in [3.63, 3.8) is 0 Å². The first-order chi connectivity index (χ1) is 30.8. The Bertz CT molecular complexity index is 2310. The van der Waals surface area contributed by atoms with Crippen LogP contribution in [0.15, 0.2) is 48.7 Å². The average Bonchev–Trinajstić information content (AvgIpc) is 3.44. The van der Waals surface area contributed by atoms with E-state index in [9.17, 15) is 43.5 Å². The predicted octanol–water partition coefficient (Wildman–Crippen LogP) is 1.84. The highest BCUT2D eigenvalue weighted by Gasteiger charge is 2.92. The van der Waals surface area contributed by atoms with Gasteiger partial charge in [-0.2, -0.15) is 0 Å². The summed E-state index contributed by atoms with van der Waals surface area (Å²) in [4.78, 5) is 127. The Labute approximate surface area is 377 Å². The first-order valence-electron chi connectivity index (χ1n) is 20.9. The van der Waals surface area contributed by atoms with Gasteiger partial charge in [-0.25, -0.2) is 14.4 Å². The van der Waals surface area contributed by atoms with Crippen molar-refractivity contribution in [2.24, 2.45) is 11.3 Å². The maximum Gasteiger partial charge on any atom is 0.350 e. The van der Waals surface area contributed by atoms with E-state index in [4.69, 9.17) is 47.4 Å². The van der Waals surface area contributed by atoms with Crippen LogP contribution in [0.4, 0.5) is 0 Å². The van der Waals surface area contributed by atoms with E-state index in [0.717, 1.165) is 48.5 Å². The molecular formula is C45H51NO20. The number of esters is 9. The molecule has 2 aliphatic heterocycles. The molecule has 2 aliphatic carbocycles. The first-order valence-corrected chi connectivity index (χ1v) is 20.9. The summed E-state index contributed by atoms with van der Waals surface area (Å²) >= 11 is 0. The van der Waals surface area contributed by atoms with Gasteiger partial charge in [0.25, 0.3) is 0 Å². The molecule has 21 heteroatoms. The molecule has 1 aromatic carbocycles. The average molecular weight is 926 g/mol. The van der Waals surface area contributed by atoms with Crippen molar-refractivity contribution in [1.82, 2.24) is 4.98 Å². The van der Waals surface area contributed by atoms with E-state index in [1.165, 1.54) is 44.3 Å². The van der Waals surface area contributed by atoms with E-state index in [1.807, 2.05) is 0 Å². The molecule has 12 atom stereocenters. The van der Waals surface area contributed by atoms with Crippen molar-refractivity contribution in [3.05, 3.63) is 65.5 Å². The van der Waals surface area contributed by atoms with Gasteiger partial charge in [0.2, 0.25) is 5.60 Å². The summed E-state index contributed by atoms with van der Waals surface area (Å²) in [5.74, 6) is -11.6. The van der Waals surface area contributed by atoms with Crippen molar-refractivity contribution >= 4 is 53.7 Å². The third-order valence-corrected chi connectivity index (χ3v) is 12.5. The van der Waals surface area contributed by atoms with E-state index < -0.39 is 144 Å². The van der Waals surface area contributed by atoms with E-state index in [2.05, 4.69) is 4.98 Å². The minimum absolute atomic E-state index is 0.00555. The second-order valence-electron chi connectivity index (χ2n) is 17.3. The van der Waals surface area contributed by atoms with Crippen LogP contribution in [-0.2, 0) is 87.4 Å². The van der Waals surface area contributed by atoms with Gasteiger partial charge in [0.15, 0.2) is 30.0 Å². The highest BCUT2D eigenvalue weighted by atomic mass is 16.7. The van der Waals surface area contributed by atoms with Gasteiger partial charge in [-0.1, -0.05) is 18.2 Å². The monoisotopic (exact) mass is 925 g/mol. The standard InChI is InChI=1S/C45H51NO20/c1-22(47)57-21-44-36(62-26(5)51)32(59-23(2)48)31-34(61-25(4)50)45(44)43(9,56)35(33(60-24(3)49)37(44)63-27(6)52)64-40(55)41(7,65-38(53)28-14-11-10-12-15-28)18-17-30-29(16-13-19-46-30)39(54)58-20-42(31,8)66-45/h10-16,19,31-37,56H,17-18,20-21H2,1-9H3/t31-,32?,33?,34?,35-,36?,37?,41+,42-,43-,44+,45-/m0/s1. The number of pyridine rings is 1. The molecule has 356 valence electrons. The van der Waals surface area contributed by atoms with E-state index in [1.54, 1.807) is 18.2 Å². The molecule has 1 aromatic heterocycles. The number of aliphatic hydroxyl groups is 1. The number of hydrogen-bond acceptors (Lipinski definition) is 21. The lowest BCUT2D eigenvalue weighted by atomic mass is 9.45. The second-order valence-corrected chi connectivity index (χ2v) is 17.3. The number of fused-ring (bicyclic) bond motifs is 5. The molecule has 1 N–H and O–H groups in total. The van der Waals surface area contributed by atoms with Crippen LogP contribution in [0, 0.1) is 11.3 Å². The Hall–Kier alpha value is -6.48. The third-order valence-electron chi connectivity index (χ3n) is 12.5. The lowest BCUT2D eigenvalue weighted by Crippen LogP contribution is -2.89. The summed E-state index contributed by atoms with van der Waals surface area (Å²) in [7, 11) is 0. The highest BCUT2D eigenvalue weighted by Crippen LogP contribution is 2.70. The van der Waals surface area contributed by atoms with Crippen LogP contribution in [0.5, 0.6) is 0 Å². The molecule has 6 rings (SSSR count). The van der Waals surface area contributed by atoms with Crippen molar-refractivity contribution in [1.29, 1.82) is 0 Å². The number of aromatic nitrogens is 1. The molecule has 2 aromatic rings. The lowest BCUT2D eigenvalue weighted by molar-refractivity contribution is -0.387. The Morgan fingerprint density at radius 2 is 1.29 bits per heavy atom. The van der Waals surface area contributed by atoms with Crippen LogP contribution in [0.3, 0.4) is 0 Å². The van der Waals surface area contributed by atoms with Crippen molar-refractivity contribution in [3.8, 4) is 0 Å². The molecule has 0 radical (unpaired) electrons. The molecule has 4 bridgehead atoms. The Balaban J connectivity index is 1.76. The number of ether oxygens (including phenoxy) is 10. The van der Waals surface area contributed by atoms with Gasteiger partial charge >= 0.3 is 53.7 Å². The number of cyclic esters (lactones) is 1. The summed E-state index contributed by atoms with van der Waals surface area (Å²) in [6.07, 6.45) is -12.1. The van der Waals surface area contributed by atoms with Crippen LogP contribution in [0.2, 0.25) is 0 Å². The number of carbonyl (C=O) groups excluding carboxylic acids is 9. The summed E-state index contributed by atoms with van der Waals surface area (Å²) in [6, 6.07) is 10.4. The van der Waals surface area contributed by atoms with E-state index in [-0.39, 0.29) is 23.2 Å². The quantitative estimate of drug-likeness (QED) is 0.277. The van der Waals surface area contributed by atoms with Gasteiger partial charge in [0.05, 0.1) is 22.7 Å². The normalized spacial score (nSPS) is 34.6. The largest absolute Gasteiger partial charge is 0.465 e. The zero-order valence-corrected chi connectivity index (χ0v) is 37.6. The fourth-order valence-corrected chi connectivity index (χ4v) is 10.1. The molecule has 3 fully saturated rings. The zero-order valence-electron chi connectivity index (χ0n) is 37.6. The molecule has 5 unspecified atom stereocenters. The predicted molar refractivity (Wildman–Crippen MR) is 216 cm³/mol. The molecule has 2 saturated carbocycles. The molecule has 0 amide bonds. The Morgan fingerprint density at radius 3 is 1.86 bits per heavy atom. The fourth-order valence-electron chi connectivity index (χ4n) is 10.1. The second kappa shape index (κ2) is 18.1. The van der Waals surface area contributed by atoms with Gasteiger partial charge in [0, 0.05) is 54.2 Å². The van der Waals surface area contributed by atoms with Crippen molar-refractivity contribution < 1.29 is 95.6 Å². The van der Waals surface area contributed by atoms with Crippen LogP contribution in [0.25, 0.3) is 0 Å². The molecular weight excluding hydrogens is 874 g/mol. The van der Waals surface area contributed by atoms with E-state index >= 15 is 4.79 Å². The lowest BCUT2D eigenvalue weighted by Gasteiger charge is -2.67.